The molecule has 2 rings (SSSR count). The van der Waals surface area contributed by atoms with Gasteiger partial charge in [0.2, 0.25) is 0 Å². The molecule has 0 spiro atoms. The van der Waals surface area contributed by atoms with Crippen molar-refractivity contribution in [2.75, 3.05) is 12.4 Å². The molecule has 4 nitrogen and oxygen atoms in total. The third kappa shape index (κ3) is 3.07. The summed E-state index contributed by atoms with van der Waals surface area (Å²) < 4.78 is 5.13. The molecule has 0 fully saturated rings. The van der Waals surface area contributed by atoms with Crippen LogP contribution in [0.1, 0.15) is 22.4 Å². The van der Waals surface area contributed by atoms with Crippen LogP contribution in [0.5, 0.6) is 5.75 Å². The van der Waals surface area contributed by atoms with Crippen molar-refractivity contribution in [1.82, 2.24) is 0 Å². The van der Waals surface area contributed by atoms with E-state index in [1.807, 2.05) is 44.2 Å². The van der Waals surface area contributed by atoms with Gasteiger partial charge in [-0.2, -0.15) is 5.26 Å². The van der Waals surface area contributed by atoms with E-state index in [1.54, 1.807) is 7.11 Å². The Bertz CT molecular complexity index is 642. The van der Waals surface area contributed by atoms with E-state index in [1.165, 1.54) is 0 Å². The molecule has 102 valence electrons. The first-order chi connectivity index (χ1) is 9.63. The number of hydrogen-bond acceptors (Lipinski definition) is 3. The highest BCUT2D eigenvalue weighted by atomic mass is 16.5. The van der Waals surface area contributed by atoms with Crippen LogP contribution >= 0.6 is 0 Å². The molecule has 0 atom stereocenters. The summed E-state index contributed by atoms with van der Waals surface area (Å²) in [5.74, 6) is 1.60. The lowest BCUT2D eigenvalue weighted by atomic mass is 10.1. The number of ether oxygens (including phenoxy) is 1. The lowest BCUT2D eigenvalue weighted by molar-refractivity contribution is -0.371. The van der Waals surface area contributed by atoms with Crippen LogP contribution in [-0.2, 0) is 6.54 Å². The maximum absolute atomic E-state index is 9.23. The number of H-pyrrole nitrogens is 1. The topological polar surface area (TPSA) is 59.2 Å². The first-order valence-electron chi connectivity index (χ1n) is 6.44. The van der Waals surface area contributed by atoms with Crippen LogP contribution in [0.4, 0.5) is 5.82 Å². The second kappa shape index (κ2) is 6.07. The fourth-order valence-electron chi connectivity index (χ4n) is 2.10. The van der Waals surface area contributed by atoms with Gasteiger partial charge in [0.05, 0.1) is 12.8 Å². The molecule has 0 aliphatic carbocycles. The first kappa shape index (κ1) is 13.9. The van der Waals surface area contributed by atoms with Gasteiger partial charge in [-0.1, -0.05) is 12.1 Å². The number of aromatic nitrogens is 1. The van der Waals surface area contributed by atoms with Crippen LogP contribution in [0, 0.1) is 25.2 Å². The zero-order valence-electron chi connectivity index (χ0n) is 11.9. The second-order valence-electron chi connectivity index (χ2n) is 4.70. The van der Waals surface area contributed by atoms with E-state index in [0.717, 1.165) is 28.4 Å². The summed E-state index contributed by atoms with van der Waals surface area (Å²) in [6.45, 7) is 4.57. The minimum Gasteiger partial charge on any atom is -0.497 e. The fraction of sp³-hybridized carbons (Fsp3) is 0.250. The number of aromatic amines is 1. The molecule has 1 heterocycles. The molecule has 0 saturated carbocycles. The number of nitriles is 1. The number of rotatable bonds is 4. The Labute approximate surface area is 119 Å². The second-order valence-corrected chi connectivity index (χ2v) is 4.70. The number of benzene rings is 1. The van der Waals surface area contributed by atoms with Crippen molar-refractivity contribution in [3.05, 3.63) is 52.7 Å². The number of nitrogens with one attached hydrogen (secondary N) is 2. The molecule has 2 N–H and O–H groups in total. The van der Waals surface area contributed by atoms with Crippen LogP contribution in [0.15, 0.2) is 30.3 Å². The average molecular weight is 268 g/mol. The molecule has 2 aromatic rings. The smallest absolute Gasteiger partial charge is 0.291 e. The third-order valence-electron chi connectivity index (χ3n) is 3.14. The van der Waals surface area contributed by atoms with E-state index < -0.39 is 0 Å². The molecular formula is C16H18N3O+. The fourth-order valence-corrected chi connectivity index (χ4v) is 2.10. The van der Waals surface area contributed by atoms with E-state index in [0.29, 0.717) is 12.1 Å². The Balaban J connectivity index is 2.16. The highest BCUT2D eigenvalue weighted by Crippen LogP contribution is 2.16. The summed E-state index contributed by atoms with van der Waals surface area (Å²) in [5.41, 5.74) is 3.78. The molecule has 0 unspecified atom stereocenters. The van der Waals surface area contributed by atoms with Gasteiger partial charge in [-0.3, -0.25) is 5.32 Å². The number of aryl methyl sites for hydroxylation is 2. The largest absolute Gasteiger partial charge is 0.497 e. The summed E-state index contributed by atoms with van der Waals surface area (Å²) in [5, 5.41) is 12.5. The lowest BCUT2D eigenvalue weighted by Gasteiger charge is -2.05. The predicted octanol–water partition coefficient (Wildman–Crippen LogP) is 2.61. The minimum absolute atomic E-state index is 0.651. The third-order valence-corrected chi connectivity index (χ3v) is 3.14. The Hall–Kier alpha value is -2.54. The molecule has 1 aromatic heterocycles. The van der Waals surface area contributed by atoms with Gasteiger partial charge in [0.25, 0.3) is 5.82 Å². The molecule has 0 bridgehead atoms. The number of methoxy groups -OCH3 is 1. The zero-order valence-corrected chi connectivity index (χ0v) is 11.9. The Kier molecular flexibility index (Phi) is 4.21. The van der Waals surface area contributed by atoms with Gasteiger partial charge in [-0.05, 0) is 43.2 Å². The van der Waals surface area contributed by atoms with Crippen LogP contribution < -0.4 is 15.0 Å². The normalized spacial score (nSPS) is 9.90. The summed E-state index contributed by atoms with van der Waals surface area (Å²) in [4.78, 5) is 3.20. The van der Waals surface area contributed by atoms with Crippen molar-refractivity contribution in [3.63, 3.8) is 0 Å². The van der Waals surface area contributed by atoms with E-state index >= 15 is 0 Å². The van der Waals surface area contributed by atoms with Crippen LogP contribution in [-0.4, -0.2) is 7.11 Å². The minimum atomic E-state index is 0.651. The van der Waals surface area contributed by atoms with E-state index in [9.17, 15) is 5.26 Å². The van der Waals surface area contributed by atoms with E-state index in [-0.39, 0.29) is 0 Å². The molecular weight excluding hydrogens is 250 g/mol. The van der Waals surface area contributed by atoms with Crippen molar-refractivity contribution < 1.29 is 9.72 Å². The zero-order chi connectivity index (χ0) is 14.5. The van der Waals surface area contributed by atoms with Crippen molar-refractivity contribution >= 4 is 5.82 Å². The van der Waals surface area contributed by atoms with Gasteiger partial charge < -0.3 is 4.74 Å². The summed E-state index contributed by atoms with van der Waals surface area (Å²) in [6.07, 6.45) is 0. The number of hydrogen-bond donors (Lipinski definition) is 1. The van der Waals surface area contributed by atoms with Gasteiger partial charge in [-0.25, -0.2) is 4.98 Å². The quantitative estimate of drug-likeness (QED) is 0.927. The molecule has 0 amide bonds. The SMILES string of the molecule is COc1ccc(CNc2[nH+]c(C)cc(C)c2C#N)cc1. The number of pyridine rings is 1. The van der Waals surface area contributed by atoms with Crippen LogP contribution in [0.3, 0.4) is 0 Å². The van der Waals surface area contributed by atoms with Gasteiger partial charge >= 0.3 is 0 Å². The molecule has 0 aliphatic rings. The van der Waals surface area contributed by atoms with Gasteiger partial charge in [0.1, 0.15) is 23.9 Å². The van der Waals surface area contributed by atoms with Crippen LogP contribution in [0.2, 0.25) is 0 Å². The summed E-state index contributed by atoms with van der Waals surface area (Å²) in [6, 6.07) is 12.1. The van der Waals surface area contributed by atoms with E-state index in [4.69, 9.17) is 4.74 Å². The molecule has 20 heavy (non-hydrogen) atoms. The van der Waals surface area contributed by atoms with Gasteiger partial charge in [-0.15, -0.1) is 0 Å². The molecule has 0 radical (unpaired) electrons. The van der Waals surface area contributed by atoms with Crippen LogP contribution in [0.25, 0.3) is 0 Å². The summed E-state index contributed by atoms with van der Waals surface area (Å²) in [7, 11) is 1.65. The van der Waals surface area contributed by atoms with Crippen molar-refractivity contribution in [1.29, 1.82) is 5.26 Å². The Morgan fingerprint density at radius 3 is 2.55 bits per heavy atom. The Morgan fingerprint density at radius 1 is 1.25 bits per heavy atom. The van der Waals surface area contributed by atoms with Crippen molar-refractivity contribution in [2.24, 2.45) is 0 Å². The molecule has 1 aromatic carbocycles. The summed E-state index contributed by atoms with van der Waals surface area (Å²) >= 11 is 0. The standard InChI is InChI=1S/C16H17N3O/c1-11-8-12(2)19-16(15(11)9-17)18-10-13-4-6-14(20-3)7-5-13/h4-8H,10H2,1-3H3,(H,18,19)/p+1. The number of nitrogens with zero attached hydrogens (tertiary/aromatic N) is 1. The number of anilines is 1. The molecule has 0 saturated heterocycles. The van der Waals surface area contributed by atoms with E-state index in [2.05, 4.69) is 16.4 Å². The highest BCUT2D eigenvalue weighted by molar-refractivity contribution is 5.52. The molecule has 0 aliphatic heterocycles. The maximum Gasteiger partial charge on any atom is 0.291 e. The Morgan fingerprint density at radius 2 is 1.95 bits per heavy atom. The first-order valence-corrected chi connectivity index (χ1v) is 6.44. The lowest BCUT2D eigenvalue weighted by Crippen LogP contribution is -2.18. The maximum atomic E-state index is 9.23. The molecule has 4 heteroatoms. The van der Waals surface area contributed by atoms with Gasteiger partial charge in [0, 0.05) is 0 Å². The monoisotopic (exact) mass is 268 g/mol. The van der Waals surface area contributed by atoms with Crippen molar-refractivity contribution in [3.8, 4) is 11.8 Å². The van der Waals surface area contributed by atoms with Gasteiger partial charge in [0.15, 0.2) is 0 Å². The predicted molar refractivity (Wildman–Crippen MR) is 77.5 cm³/mol. The average Bonchev–Trinajstić information content (AvgIpc) is 2.45. The van der Waals surface area contributed by atoms with Crippen molar-refractivity contribution in [2.45, 2.75) is 20.4 Å². The highest BCUT2D eigenvalue weighted by Gasteiger charge is 2.13.